The van der Waals surface area contributed by atoms with Gasteiger partial charge in [-0.2, -0.15) is 0 Å². The highest BCUT2D eigenvalue weighted by Gasteiger charge is 2.10. The fourth-order valence-electron chi connectivity index (χ4n) is 1.73. The molecule has 1 aromatic carbocycles. The topological polar surface area (TPSA) is 78.4 Å². The number of amides is 2. The van der Waals surface area contributed by atoms with Crippen molar-refractivity contribution >= 4 is 17.5 Å². The third kappa shape index (κ3) is 5.95. The van der Waals surface area contributed by atoms with Crippen LogP contribution in [0.4, 0.5) is 5.69 Å². The molecule has 1 atom stereocenters. The Morgan fingerprint density at radius 2 is 1.81 bits per heavy atom. The Bertz CT molecular complexity index is 465. The largest absolute Gasteiger partial charge is 0.394 e. The van der Waals surface area contributed by atoms with Gasteiger partial charge in [0, 0.05) is 11.6 Å². The monoisotopic (exact) mass is 292 g/mol. The maximum absolute atomic E-state index is 11.8. The van der Waals surface area contributed by atoms with Gasteiger partial charge in [0.2, 0.25) is 11.8 Å². The lowest BCUT2D eigenvalue weighted by atomic mass is 10.1. The zero-order chi connectivity index (χ0) is 15.8. The van der Waals surface area contributed by atoms with Gasteiger partial charge in [-0.25, -0.2) is 0 Å². The predicted molar refractivity (Wildman–Crippen MR) is 82.9 cm³/mol. The van der Waals surface area contributed by atoms with Crippen LogP contribution in [-0.2, 0) is 16.0 Å². The SMILES string of the molecule is CCC(CO)NC(=O)Cc1ccc(NC(=O)C(C)C)cc1. The molecule has 0 heterocycles. The second kappa shape index (κ2) is 8.42. The molecule has 0 aromatic heterocycles. The molecule has 0 spiro atoms. The Kier molecular flexibility index (Phi) is 6.88. The van der Waals surface area contributed by atoms with Gasteiger partial charge in [-0.3, -0.25) is 9.59 Å². The van der Waals surface area contributed by atoms with Gasteiger partial charge in [0.15, 0.2) is 0 Å². The quantitative estimate of drug-likeness (QED) is 0.716. The number of carbonyl (C=O) groups excluding carboxylic acids is 2. The summed E-state index contributed by atoms with van der Waals surface area (Å²) in [7, 11) is 0. The Hall–Kier alpha value is -1.88. The molecule has 0 bridgehead atoms. The van der Waals surface area contributed by atoms with E-state index in [0.717, 1.165) is 11.3 Å². The lowest BCUT2D eigenvalue weighted by Crippen LogP contribution is -2.37. The third-order valence-electron chi connectivity index (χ3n) is 3.19. The van der Waals surface area contributed by atoms with Crippen molar-refractivity contribution in [1.82, 2.24) is 5.32 Å². The molecule has 0 aliphatic rings. The molecule has 0 saturated heterocycles. The summed E-state index contributed by atoms with van der Waals surface area (Å²) < 4.78 is 0. The molecule has 3 N–H and O–H groups in total. The van der Waals surface area contributed by atoms with E-state index in [-0.39, 0.29) is 36.8 Å². The van der Waals surface area contributed by atoms with E-state index in [2.05, 4.69) is 10.6 Å². The summed E-state index contributed by atoms with van der Waals surface area (Å²) >= 11 is 0. The van der Waals surface area contributed by atoms with Gasteiger partial charge < -0.3 is 15.7 Å². The summed E-state index contributed by atoms with van der Waals surface area (Å²) in [6, 6.07) is 7.01. The number of rotatable bonds is 7. The first kappa shape index (κ1) is 17.2. The van der Waals surface area contributed by atoms with Crippen LogP contribution in [0.1, 0.15) is 32.8 Å². The van der Waals surface area contributed by atoms with Gasteiger partial charge in [0.25, 0.3) is 0 Å². The molecule has 2 amide bonds. The van der Waals surface area contributed by atoms with Crippen molar-refractivity contribution in [3.05, 3.63) is 29.8 Å². The first-order valence-corrected chi connectivity index (χ1v) is 7.26. The molecule has 5 heteroatoms. The Morgan fingerprint density at radius 1 is 1.19 bits per heavy atom. The van der Waals surface area contributed by atoms with Crippen molar-refractivity contribution in [2.24, 2.45) is 5.92 Å². The summed E-state index contributed by atoms with van der Waals surface area (Å²) in [5, 5.41) is 14.6. The van der Waals surface area contributed by atoms with E-state index < -0.39 is 0 Å². The van der Waals surface area contributed by atoms with Gasteiger partial charge in [-0.15, -0.1) is 0 Å². The van der Waals surface area contributed by atoms with E-state index in [4.69, 9.17) is 5.11 Å². The Balaban J connectivity index is 2.54. The molecule has 0 fully saturated rings. The maximum Gasteiger partial charge on any atom is 0.226 e. The van der Waals surface area contributed by atoms with Crippen LogP contribution in [0.2, 0.25) is 0 Å². The number of hydrogen-bond donors (Lipinski definition) is 3. The van der Waals surface area contributed by atoms with Crippen molar-refractivity contribution < 1.29 is 14.7 Å². The van der Waals surface area contributed by atoms with Crippen molar-refractivity contribution in [3.8, 4) is 0 Å². The number of nitrogens with one attached hydrogen (secondary N) is 2. The highest BCUT2D eigenvalue weighted by atomic mass is 16.3. The van der Waals surface area contributed by atoms with E-state index >= 15 is 0 Å². The number of anilines is 1. The van der Waals surface area contributed by atoms with Gasteiger partial charge >= 0.3 is 0 Å². The molecule has 0 aliphatic carbocycles. The van der Waals surface area contributed by atoms with Crippen LogP contribution in [0.15, 0.2) is 24.3 Å². The number of carbonyl (C=O) groups is 2. The molecule has 1 rings (SSSR count). The first-order valence-electron chi connectivity index (χ1n) is 7.26. The first-order chi connectivity index (χ1) is 9.96. The number of aliphatic hydroxyl groups is 1. The smallest absolute Gasteiger partial charge is 0.226 e. The number of hydrogen-bond acceptors (Lipinski definition) is 3. The predicted octanol–water partition coefficient (Wildman–Crippen LogP) is 1.71. The molecule has 5 nitrogen and oxygen atoms in total. The molecule has 116 valence electrons. The van der Waals surface area contributed by atoms with Crippen LogP contribution in [0.3, 0.4) is 0 Å². The zero-order valence-electron chi connectivity index (χ0n) is 12.8. The Labute approximate surface area is 125 Å². The van der Waals surface area contributed by atoms with E-state index in [1.54, 1.807) is 12.1 Å². The minimum Gasteiger partial charge on any atom is -0.394 e. The summed E-state index contributed by atoms with van der Waals surface area (Å²) in [5.41, 5.74) is 1.59. The average molecular weight is 292 g/mol. The van der Waals surface area contributed by atoms with E-state index in [1.807, 2.05) is 32.9 Å². The summed E-state index contributed by atoms with van der Waals surface area (Å²) in [6.45, 7) is 5.52. The normalized spacial score (nSPS) is 12.0. The van der Waals surface area contributed by atoms with Crippen LogP contribution in [0.5, 0.6) is 0 Å². The van der Waals surface area contributed by atoms with Crippen LogP contribution < -0.4 is 10.6 Å². The van der Waals surface area contributed by atoms with Gasteiger partial charge in [-0.05, 0) is 24.1 Å². The summed E-state index contributed by atoms with van der Waals surface area (Å²) in [6.07, 6.45) is 0.956. The lowest BCUT2D eigenvalue weighted by molar-refractivity contribution is -0.121. The minimum atomic E-state index is -0.192. The zero-order valence-corrected chi connectivity index (χ0v) is 12.8. The summed E-state index contributed by atoms with van der Waals surface area (Å²) in [5.74, 6) is -0.219. The van der Waals surface area contributed by atoms with Crippen LogP contribution >= 0.6 is 0 Å². The van der Waals surface area contributed by atoms with Crippen LogP contribution in [0.25, 0.3) is 0 Å². The fraction of sp³-hybridized carbons (Fsp3) is 0.500. The molecule has 21 heavy (non-hydrogen) atoms. The summed E-state index contributed by atoms with van der Waals surface area (Å²) in [4.78, 5) is 23.4. The highest BCUT2D eigenvalue weighted by Crippen LogP contribution is 2.11. The van der Waals surface area contributed by atoms with Gasteiger partial charge in [0.1, 0.15) is 0 Å². The number of aliphatic hydroxyl groups excluding tert-OH is 1. The van der Waals surface area contributed by atoms with E-state index in [9.17, 15) is 9.59 Å². The second-order valence-electron chi connectivity index (χ2n) is 5.37. The molecule has 1 unspecified atom stereocenters. The lowest BCUT2D eigenvalue weighted by Gasteiger charge is -2.14. The molecular weight excluding hydrogens is 268 g/mol. The minimum absolute atomic E-state index is 0.0331. The molecular formula is C16H24N2O3. The average Bonchev–Trinajstić information content (AvgIpc) is 2.46. The molecule has 0 radical (unpaired) electrons. The number of benzene rings is 1. The van der Waals surface area contributed by atoms with E-state index in [0.29, 0.717) is 6.42 Å². The van der Waals surface area contributed by atoms with Crippen molar-refractivity contribution in [3.63, 3.8) is 0 Å². The highest BCUT2D eigenvalue weighted by molar-refractivity contribution is 5.92. The third-order valence-corrected chi connectivity index (χ3v) is 3.19. The van der Waals surface area contributed by atoms with E-state index in [1.165, 1.54) is 0 Å². The standard InChI is InChI=1S/C16H24N2O3/c1-4-13(10-19)17-15(20)9-12-5-7-14(8-6-12)18-16(21)11(2)3/h5-8,11,13,19H,4,9-10H2,1-3H3,(H,17,20)(H,18,21). The Morgan fingerprint density at radius 3 is 2.29 bits per heavy atom. The molecule has 0 aliphatic heterocycles. The van der Waals surface area contributed by atoms with Crippen molar-refractivity contribution in [1.29, 1.82) is 0 Å². The maximum atomic E-state index is 11.8. The van der Waals surface area contributed by atoms with Crippen molar-refractivity contribution in [2.45, 2.75) is 39.7 Å². The van der Waals surface area contributed by atoms with Gasteiger partial charge in [-0.1, -0.05) is 32.9 Å². The molecule has 0 saturated carbocycles. The fourth-order valence-corrected chi connectivity index (χ4v) is 1.73. The van der Waals surface area contributed by atoms with Crippen LogP contribution in [-0.4, -0.2) is 29.6 Å². The van der Waals surface area contributed by atoms with Gasteiger partial charge in [0.05, 0.1) is 19.1 Å². The van der Waals surface area contributed by atoms with Crippen molar-refractivity contribution in [2.75, 3.05) is 11.9 Å². The molecule has 1 aromatic rings. The van der Waals surface area contributed by atoms with Crippen LogP contribution in [0, 0.1) is 5.92 Å². The second-order valence-corrected chi connectivity index (χ2v) is 5.37.